The van der Waals surface area contributed by atoms with E-state index in [1.165, 1.54) is 56.1 Å². The molecule has 1 saturated heterocycles. The van der Waals surface area contributed by atoms with Crippen molar-refractivity contribution in [2.75, 3.05) is 32.7 Å². The number of benzene rings is 2. The second kappa shape index (κ2) is 17.1. The summed E-state index contributed by atoms with van der Waals surface area (Å²) in [5, 5.41) is 3.34. The van der Waals surface area contributed by atoms with Crippen LogP contribution in [-0.2, 0) is 24.3 Å². The molecule has 258 valence electrons. The summed E-state index contributed by atoms with van der Waals surface area (Å²) in [5.41, 5.74) is 4.68. The van der Waals surface area contributed by atoms with Crippen molar-refractivity contribution < 1.29 is 9.59 Å². The summed E-state index contributed by atoms with van der Waals surface area (Å²) in [6, 6.07) is 18.5. The number of amides is 3. The number of aryl methyl sites for hydroxylation is 1. The quantitative estimate of drug-likeness (QED) is 0.233. The average Bonchev–Trinajstić information content (AvgIpc) is 3.57. The summed E-state index contributed by atoms with van der Waals surface area (Å²) in [6.07, 6.45) is 18.0. The monoisotopic (exact) mass is 652 g/mol. The van der Waals surface area contributed by atoms with Crippen LogP contribution in [0.4, 0.5) is 4.79 Å². The lowest BCUT2D eigenvalue weighted by Crippen LogP contribution is -2.63. The van der Waals surface area contributed by atoms with E-state index in [1.807, 2.05) is 40.5 Å². The van der Waals surface area contributed by atoms with Crippen LogP contribution in [0.3, 0.4) is 0 Å². The number of piperazine rings is 1. The molecule has 1 aromatic heterocycles. The Labute approximate surface area is 287 Å². The highest BCUT2D eigenvalue weighted by atomic mass is 16.2. The lowest BCUT2D eigenvalue weighted by molar-refractivity contribution is -0.138. The zero-order valence-corrected chi connectivity index (χ0v) is 29.1. The first-order chi connectivity index (χ1) is 23.5. The normalized spacial score (nSPS) is 19.7. The number of urea groups is 1. The average molecular weight is 653 g/mol. The Kier molecular flexibility index (Phi) is 12.2. The molecule has 3 aromatic rings. The van der Waals surface area contributed by atoms with E-state index in [1.54, 1.807) is 0 Å². The Morgan fingerprint density at radius 2 is 1.60 bits per heavy atom. The van der Waals surface area contributed by atoms with E-state index < -0.39 is 6.04 Å². The zero-order chi connectivity index (χ0) is 33.1. The fourth-order valence-corrected chi connectivity index (χ4v) is 7.96. The third-order valence-corrected chi connectivity index (χ3v) is 11.0. The van der Waals surface area contributed by atoms with Crippen molar-refractivity contribution >= 4 is 11.9 Å². The van der Waals surface area contributed by atoms with Crippen molar-refractivity contribution in [3.8, 4) is 0 Å². The molecule has 0 unspecified atom stereocenters. The van der Waals surface area contributed by atoms with Gasteiger partial charge in [0.05, 0.1) is 6.33 Å². The van der Waals surface area contributed by atoms with Crippen LogP contribution in [0.5, 0.6) is 0 Å². The fraction of sp³-hybridized carbons (Fsp3) is 0.575. The standard InChI is InChI=1S/C40H56N6O2/c1-32-17-19-35(20-18-32)29-45-31-41-27-37(45)22-24-44(28-34-13-7-3-8-14-34)39(47)38-30-43(23-21-33-11-5-2-6-12-33)25-26-46(38)40(48)42-36-15-9-4-10-16-36/h3,7-8,13-14,17-20,27,31,33,36,38H,2,4-6,9-12,15-16,21-26,28-30H2,1H3,(H,42,48)/t38-/m1/s1. The molecular weight excluding hydrogens is 596 g/mol. The van der Waals surface area contributed by atoms with E-state index in [-0.39, 0.29) is 18.0 Å². The summed E-state index contributed by atoms with van der Waals surface area (Å²) < 4.78 is 2.19. The minimum atomic E-state index is -0.505. The first-order valence-electron chi connectivity index (χ1n) is 18.7. The van der Waals surface area contributed by atoms with Crippen LogP contribution in [0.1, 0.15) is 93.0 Å². The smallest absolute Gasteiger partial charge is 0.318 e. The Bertz CT molecular complexity index is 1430. The Morgan fingerprint density at radius 1 is 0.875 bits per heavy atom. The van der Waals surface area contributed by atoms with Crippen molar-refractivity contribution in [2.24, 2.45) is 5.92 Å². The molecule has 0 spiro atoms. The molecule has 3 amide bonds. The van der Waals surface area contributed by atoms with Gasteiger partial charge in [0.15, 0.2) is 0 Å². The van der Waals surface area contributed by atoms with Gasteiger partial charge >= 0.3 is 6.03 Å². The van der Waals surface area contributed by atoms with Gasteiger partial charge in [-0.1, -0.05) is 112 Å². The highest BCUT2D eigenvalue weighted by Gasteiger charge is 2.38. The van der Waals surface area contributed by atoms with Gasteiger partial charge in [-0.2, -0.15) is 0 Å². The highest BCUT2D eigenvalue weighted by Crippen LogP contribution is 2.27. The predicted octanol–water partition coefficient (Wildman–Crippen LogP) is 6.81. The first kappa shape index (κ1) is 34.2. The number of imidazole rings is 1. The molecule has 6 rings (SSSR count). The van der Waals surface area contributed by atoms with Crippen molar-refractivity contribution in [1.29, 1.82) is 0 Å². The molecule has 48 heavy (non-hydrogen) atoms. The van der Waals surface area contributed by atoms with Crippen molar-refractivity contribution in [3.63, 3.8) is 0 Å². The summed E-state index contributed by atoms with van der Waals surface area (Å²) in [6.45, 7) is 6.94. The number of hydrogen-bond donors (Lipinski definition) is 1. The van der Waals surface area contributed by atoms with Crippen molar-refractivity contribution in [2.45, 2.75) is 109 Å². The molecule has 1 aliphatic heterocycles. The van der Waals surface area contributed by atoms with E-state index in [2.05, 4.69) is 63.1 Å². The van der Waals surface area contributed by atoms with Gasteiger partial charge in [-0.3, -0.25) is 9.69 Å². The summed E-state index contributed by atoms with van der Waals surface area (Å²) in [7, 11) is 0. The van der Waals surface area contributed by atoms with Crippen LogP contribution in [0.15, 0.2) is 67.1 Å². The highest BCUT2D eigenvalue weighted by molar-refractivity contribution is 5.87. The lowest BCUT2D eigenvalue weighted by atomic mass is 9.87. The summed E-state index contributed by atoms with van der Waals surface area (Å²) >= 11 is 0. The molecule has 3 fully saturated rings. The van der Waals surface area contributed by atoms with Gasteiger partial charge in [0, 0.05) is 63.6 Å². The molecule has 8 heteroatoms. The van der Waals surface area contributed by atoms with Crippen LogP contribution in [0.25, 0.3) is 0 Å². The van der Waals surface area contributed by atoms with Crippen molar-refractivity contribution in [3.05, 3.63) is 89.5 Å². The number of rotatable bonds is 12. The fourth-order valence-electron chi connectivity index (χ4n) is 7.96. The van der Waals surface area contributed by atoms with E-state index >= 15 is 0 Å². The minimum Gasteiger partial charge on any atom is -0.336 e. The van der Waals surface area contributed by atoms with E-state index in [0.29, 0.717) is 32.6 Å². The molecular formula is C40H56N6O2. The zero-order valence-electron chi connectivity index (χ0n) is 29.1. The number of carbonyl (C=O) groups is 2. The minimum absolute atomic E-state index is 0.0459. The number of hydrogen-bond acceptors (Lipinski definition) is 4. The summed E-state index contributed by atoms with van der Waals surface area (Å²) in [5.74, 6) is 0.837. The number of nitrogens with zero attached hydrogens (tertiary/aromatic N) is 5. The maximum absolute atomic E-state index is 14.8. The number of aromatic nitrogens is 2. The lowest BCUT2D eigenvalue weighted by Gasteiger charge is -2.43. The molecule has 0 bridgehead atoms. The molecule has 8 nitrogen and oxygen atoms in total. The Hall–Kier alpha value is -3.65. The van der Waals surface area contributed by atoms with Gasteiger partial charge in [-0.15, -0.1) is 0 Å². The molecule has 3 aliphatic rings. The maximum Gasteiger partial charge on any atom is 0.318 e. The van der Waals surface area contributed by atoms with Crippen molar-refractivity contribution in [1.82, 2.24) is 29.6 Å². The van der Waals surface area contributed by atoms with Gasteiger partial charge in [-0.05, 0) is 49.8 Å². The molecule has 1 atom stereocenters. The van der Waals surface area contributed by atoms with Crippen LogP contribution in [-0.4, -0.2) is 81.0 Å². The van der Waals surface area contributed by atoms with Gasteiger partial charge in [0.25, 0.3) is 0 Å². The topological polar surface area (TPSA) is 73.7 Å². The van der Waals surface area contributed by atoms with Gasteiger partial charge < -0.3 is 19.7 Å². The SMILES string of the molecule is Cc1ccc(Cn2cncc2CCN(Cc2ccccc2)C(=O)[C@H]2CN(CCC3CCCCC3)CCN2C(=O)NC2CCCCC2)cc1. The number of nitrogens with one attached hydrogen (secondary N) is 1. The molecule has 1 N–H and O–H groups in total. The largest absolute Gasteiger partial charge is 0.336 e. The molecule has 0 radical (unpaired) electrons. The van der Waals surface area contributed by atoms with Gasteiger partial charge in [-0.25, -0.2) is 9.78 Å². The summed E-state index contributed by atoms with van der Waals surface area (Å²) in [4.78, 5) is 39.5. The van der Waals surface area contributed by atoms with E-state index in [9.17, 15) is 9.59 Å². The van der Waals surface area contributed by atoms with Gasteiger partial charge in [0.2, 0.25) is 5.91 Å². The molecule has 2 heterocycles. The number of carbonyl (C=O) groups excluding carboxylic acids is 2. The predicted molar refractivity (Wildman–Crippen MR) is 192 cm³/mol. The Morgan fingerprint density at radius 3 is 2.35 bits per heavy atom. The maximum atomic E-state index is 14.8. The van der Waals surface area contributed by atoms with Crippen LogP contribution < -0.4 is 5.32 Å². The second-order valence-electron chi connectivity index (χ2n) is 14.6. The van der Waals surface area contributed by atoms with E-state index in [0.717, 1.165) is 62.5 Å². The Balaban J connectivity index is 1.19. The van der Waals surface area contributed by atoms with Crippen LogP contribution in [0, 0.1) is 12.8 Å². The van der Waals surface area contributed by atoms with E-state index in [4.69, 9.17) is 0 Å². The molecule has 2 aliphatic carbocycles. The van der Waals surface area contributed by atoms with Crippen LogP contribution >= 0.6 is 0 Å². The van der Waals surface area contributed by atoms with Crippen LogP contribution in [0.2, 0.25) is 0 Å². The van der Waals surface area contributed by atoms with Gasteiger partial charge in [0.1, 0.15) is 6.04 Å². The molecule has 2 saturated carbocycles. The molecule has 2 aromatic carbocycles. The third kappa shape index (κ3) is 9.49. The first-order valence-corrected chi connectivity index (χ1v) is 18.7. The second-order valence-corrected chi connectivity index (χ2v) is 14.6. The third-order valence-electron chi connectivity index (χ3n) is 11.0.